The molecule has 2 heterocycles. The highest BCUT2D eigenvalue weighted by Gasteiger charge is 2.16. The van der Waals surface area contributed by atoms with E-state index in [1.165, 1.54) is 0 Å². The summed E-state index contributed by atoms with van der Waals surface area (Å²) in [6, 6.07) is 5.31. The minimum absolute atomic E-state index is 0.0583. The van der Waals surface area contributed by atoms with Crippen LogP contribution in [0.3, 0.4) is 0 Å². The third-order valence-electron chi connectivity index (χ3n) is 2.53. The Bertz CT molecular complexity index is 552. The fraction of sp³-hybridized carbons (Fsp3) is 0.308. The lowest BCUT2D eigenvalue weighted by atomic mass is 10.2. The SMILES string of the molecule is CCOC(=O)c1cc(-c2cccnc2)n(CCO)n1. The Labute approximate surface area is 110 Å². The number of aliphatic hydroxyl groups is 1. The highest BCUT2D eigenvalue weighted by molar-refractivity contribution is 5.88. The molecule has 0 spiro atoms. The van der Waals surface area contributed by atoms with Gasteiger partial charge in [-0.25, -0.2) is 4.79 Å². The van der Waals surface area contributed by atoms with E-state index < -0.39 is 5.97 Å². The normalized spacial score (nSPS) is 10.4. The molecule has 0 atom stereocenters. The van der Waals surface area contributed by atoms with Gasteiger partial charge in [0.15, 0.2) is 5.69 Å². The number of hydrogen-bond acceptors (Lipinski definition) is 5. The number of rotatable bonds is 5. The quantitative estimate of drug-likeness (QED) is 0.816. The zero-order chi connectivity index (χ0) is 13.7. The van der Waals surface area contributed by atoms with Gasteiger partial charge in [0.25, 0.3) is 0 Å². The van der Waals surface area contributed by atoms with Crippen LogP contribution in [0.4, 0.5) is 0 Å². The molecule has 6 nitrogen and oxygen atoms in total. The zero-order valence-corrected chi connectivity index (χ0v) is 10.6. The van der Waals surface area contributed by atoms with Crippen LogP contribution in [0.15, 0.2) is 30.6 Å². The molecular weight excluding hydrogens is 246 g/mol. The molecule has 0 bridgehead atoms. The van der Waals surface area contributed by atoms with E-state index in [0.717, 1.165) is 11.3 Å². The van der Waals surface area contributed by atoms with E-state index >= 15 is 0 Å². The van der Waals surface area contributed by atoms with E-state index in [9.17, 15) is 4.79 Å². The highest BCUT2D eigenvalue weighted by Crippen LogP contribution is 2.19. The Morgan fingerprint density at radius 3 is 3.00 bits per heavy atom. The van der Waals surface area contributed by atoms with Crippen molar-refractivity contribution in [3.8, 4) is 11.3 Å². The van der Waals surface area contributed by atoms with Crippen LogP contribution in [0.5, 0.6) is 0 Å². The minimum atomic E-state index is -0.468. The second kappa shape index (κ2) is 6.10. The lowest BCUT2D eigenvalue weighted by molar-refractivity contribution is 0.0518. The number of nitrogens with zero attached hydrogens (tertiary/aromatic N) is 3. The maximum Gasteiger partial charge on any atom is 0.358 e. The van der Waals surface area contributed by atoms with E-state index in [-0.39, 0.29) is 12.3 Å². The van der Waals surface area contributed by atoms with Crippen LogP contribution in [0.1, 0.15) is 17.4 Å². The number of carbonyl (C=O) groups is 1. The molecule has 1 N–H and O–H groups in total. The first-order valence-corrected chi connectivity index (χ1v) is 6.02. The third kappa shape index (κ3) is 2.97. The maximum atomic E-state index is 11.7. The molecular formula is C13H15N3O3. The van der Waals surface area contributed by atoms with Crippen molar-refractivity contribution >= 4 is 5.97 Å². The number of esters is 1. The van der Waals surface area contributed by atoms with E-state index in [4.69, 9.17) is 9.84 Å². The van der Waals surface area contributed by atoms with Crippen molar-refractivity contribution in [2.75, 3.05) is 13.2 Å². The van der Waals surface area contributed by atoms with Crippen molar-refractivity contribution in [3.05, 3.63) is 36.3 Å². The van der Waals surface area contributed by atoms with Gasteiger partial charge < -0.3 is 9.84 Å². The Hall–Kier alpha value is -2.21. The lowest BCUT2D eigenvalue weighted by Gasteiger charge is -2.04. The van der Waals surface area contributed by atoms with Gasteiger partial charge in [-0.15, -0.1) is 0 Å². The van der Waals surface area contributed by atoms with Gasteiger partial charge in [-0.1, -0.05) is 0 Å². The number of aromatic nitrogens is 3. The van der Waals surface area contributed by atoms with Crippen molar-refractivity contribution in [2.24, 2.45) is 0 Å². The molecule has 0 radical (unpaired) electrons. The number of pyridine rings is 1. The fourth-order valence-electron chi connectivity index (χ4n) is 1.73. The molecule has 0 saturated heterocycles. The van der Waals surface area contributed by atoms with Crippen LogP contribution in [0.25, 0.3) is 11.3 Å². The van der Waals surface area contributed by atoms with Crippen molar-refractivity contribution in [3.63, 3.8) is 0 Å². The largest absolute Gasteiger partial charge is 0.461 e. The zero-order valence-electron chi connectivity index (χ0n) is 10.6. The molecule has 0 fully saturated rings. The first-order valence-electron chi connectivity index (χ1n) is 6.02. The summed E-state index contributed by atoms with van der Waals surface area (Å²) < 4.78 is 6.49. The molecule has 0 aliphatic carbocycles. The summed E-state index contributed by atoms with van der Waals surface area (Å²) in [5, 5.41) is 13.2. The average molecular weight is 261 g/mol. The Morgan fingerprint density at radius 1 is 1.53 bits per heavy atom. The van der Waals surface area contributed by atoms with Gasteiger partial charge in [-0.2, -0.15) is 5.10 Å². The van der Waals surface area contributed by atoms with E-state index in [2.05, 4.69) is 10.1 Å². The molecule has 19 heavy (non-hydrogen) atoms. The second-order valence-corrected chi connectivity index (χ2v) is 3.82. The van der Waals surface area contributed by atoms with E-state index in [0.29, 0.717) is 13.2 Å². The summed E-state index contributed by atoms with van der Waals surface area (Å²) >= 11 is 0. The smallest absolute Gasteiger partial charge is 0.358 e. The van der Waals surface area contributed by atoms with Crippen molar-refractivity contribution < 1.29 is 14.6 Å². The van der Waals surface area contributed by atoms with Gasteiger partial charge in [0.05, 0.1) is 25.5 Å². The Kier molecular flexibility index (Phi) is 4.25. The summed E-state index contributed by atoms with van der Waals surface area (Å²) in [7, 11) is 0. The first-order chi connectivity index (χ1) is 9.26. The predicted molar refractivity (Wildman–Crippen MR) is 68.5 cm³/mol. The van der Waals surface area contributed by atoms with Gasteiger partial charge in [0, 0.05) is 18.0 Å². The van der Waals surface area contributed by atoms with Crippen LogP contribution >= 0.6 is 0 Å². The molecule has 2 rings (SSSR count). The topological polar surface area (TPSA) is 77.2 Å². The summed E-state index contributed by atoms with van der Waals surface area (Å²) in [4.78, 5) is 15.7. The fourth-order valence-corrected chi connectivity index (χ4v) is 1.73. The standard InChI is InChI=1S/C13H15N3O3/c1-2-19-13(18)11-8-12(16(15-11)6-7-17)10-4-3-5-14-9-10/h3-5,8-9,17H,2,6-7H2,1H3. The number of ether oxygens (including phenoxy) is 1. The van der Waals surface area contributed by atoms with Crippen LogP contribution in [0, 0.1) is 0 Å². The summed E-state index contributed by atoms with van der Waals surface area (Å²) in [5.74, 6) is -0.468. The Morgan fingerprint density at radius 2 is 2.37 bits per heavy atom. The van der Waals surface area contributed by atoms with Gasteiger partial charge in [0.1, 0.15) is 0 Å². The molecule has 2 aromatic rings. The number of carbonyl (C=O) groups excluding carboxylic acids is 1. The maximum absolute atomic E-state index is 11.7. The average Bonchev–Trinajstić information content (AvgIpc) is 2.85. The van der Waals surface area contributed by atoms with E-state index in [1.807, 2.05) is 6.07 Å². The number of hydrogen-bond donors (Lipinski definition) is 1. The van der Waals surface area contributed by atoms with Crippen LogP contribution in [-0.2, 0) is 11.3 Å². The van der Waals surface area contributed by atoms with Crippen molar-refractivity contribution in [2.45, 2.75) is 13.5 Å². The van der Waals surface area contributed by atoms with Crippen molar-refractivity contribution in [1.29, 1.82) is 0 Å². The predicted octanol–water partition coefficient (Wildman–Crippen LogP) is 1.11. The van der Waals surface area contributed by atoms with Crippen molar-refractivity contribution in [1.82, 2.24) is 14.8 Å². The van der Waals surface area contributed by atoms with Gasteiger partial charge in [-0.3, -0.25) is 9.67 Å². The summed E-state index contributed by atoms with van der Waals surface area (Å²) in [6.07, 6.45) is 3.35. The van der Waals surface area contributed by atoms with Gasteiger partial charge >= 0.3 is 5.97 Å². The van der Waals surface area contributed by atoms with Gasteiger partial charge in [0.2, 0.25) is 0 Å². The van der Waals surface area contributed by atoms with Crippen LogP contribution in [-0.4, -0.2) is 39.1 Å². The highest BCUT2D eigenvalue weighted by atomic mass is 16.5. The molecule has 0 aliphatic heterocycles. The summed E-state index contributed by atoms with van der Waals surface area (Å²) in [6.45, 7) is 2.29. The number of aliphatic hydroxyl groups excluding tert-OH is 1. The third-order valence-corrected chi connectivity index (χ3v) is 2.53. The lowest BCUT2D eigenvalue weighted by Crippen LogP contribution is -2.09. The molecule has 100 valence electrons. The molecule has 0 unspecified atom stereocenters. The van der Waals surface area contributed by atoms with E-state index in [1.54, 1.807) is 36.1 Å². The second-order valence-electron chi connectivity index (χ2n) is 3.82. The van der Waals surface area contributed by atoms with Crippen LogP contribution < -0.4 is 0 Å². The molecule has 0 amide bonds. The molecule has 0 saturated carbocycles. The first kappa shape index (κ1) is 13.2. The van der Waals surface area contributed by atoms with Gasteiger partial charge in [-0.05, 0) is 25.1 Å². The Balaban J connectivity index is 2.39. The molecule has 0 aliphatic rings. The van der Waals surface area contributed by atoms with Crippen LogP contribution in [0.2, 0.25) is 0 Å². The monoisotopic (exact) mass is 261 g/mol. The summed E-state index contributed by atoms with van der Waals surface area (Å²) in [5.41, 5.74) is 1.79. The molecule has 6 heteroatoms. The molecule has 2 aromatic heterocycles. The minimum Gasteiger partial charge on any atom is -0.461 e. The molecule has 0 aromatic carbocycles.